The van der Waals surface area contributed by atoms with Gasteiger partial charge in [-0.25, -0.2) is 9.48 Å². The summed E-state index contributed by atoms with van der Waals surface area (Å²) in [5.74, 6) is 1.56. The Kier molecular flexibility index (Phi) is 4.33. The van der Waals surface area contributed by atoms with E-state index in [1.54, 1.807) is 4.68 Å². The number of carbonyl (C=O) groups is 1. The van der Waals surface area contributed by atoms with Crippen LogP contribution < -0.4 is 10.1 Å². The van der Waals surface area contributed by atoms with E-state index in [-0.39, 0.29) is 0 Å². The molecule has 27 heavy (non-hydrogen) atoms. The van der Waals surface area contributed by atoms with Crippen LogP contribution >= 0.6 is 0 Å². The van der Waals surface area contributed by atoms with E-state index in [0.717, 1.165) is 11.3 Å². The van der Waals surface area contributed by atoms with Crippen molar-refractivity contribution in [1.29, 1.82) is 0 Å². The summed E-state index contributed by atoms with van der Waals surface area (Å²) < 4.78 is 12.6. The molecule has 4 rings (SSSR count). The van der Waals surface area contributed by atoms with Crippen molar-refractivity contribution in [2.75, 3.05) is 12.4 Å². The summed E-state index contributed by atoms with van der Waals surface area (Å²) in [4.78, 5) is 16.7. The third kappa shape index (κ3) is 3.15. The van der Waals surface area contributed by atoms with Crippen molar-refractivity contribution < 1.29 is 14.3 Å². The van der Waals surface area contributed by atoms with Crippen LogP contribution in [0.25, 0.3) is 0 Å². The molecular formula is C20H18N4O3. The molecule has 1 aromatic heterocycles. The Hall–Kier alpha value is -3.61. The minimum Gasteiger partial charge on any atom is -0.466 e. The van der Waals surface area contributed by atoms with Crippen LogP contribution in [0.4, 0.5) is 5.95 Å². The maximum Gasteiger partial charge on any atom is 0.338 e. The SMILES string of the molecule is COC(=O)C1=C(C)Nc2ncnn2C1c1cccc(Oc2ccccc2)c1. The van der Waals surface area contributed by atoms with Gasteiger partial charge in [-0.15, -0.1) is 0 Å². The number of esters is 1. The van der Waals surface area contributed by atoms with Crippen LogP contribution in [0.2, 0.25) is 0 Å². The summed E-state index contributed by atoms with van der Waals surface area (Å²) >= 11 is 0. The summed E-state index contributed by atoms with van der Waals surface area (Å²) in [6, 6.07) is 16.6. The molecule has 2 aromatic carbocycles. The van der Waals surface area contributed by atoms with Gasteiger partial charge in [-0.3, -0.25) is 0 Å². The van der Waals surface area contributed by atoms with E-state index in [9.17, 15) is 4.79 Å². The lowest BCUT2D eigenvalue weighted by atomic mass is 9.95. The van der Waals surface area contributed by atoms with Crippen molar-refractivity contribution >= 4 is 11.9 Å². The molecule has 0 saturated heterocycles. The first-order valence-electron chi connectivity index (χ1n) is 8.46. The number of nitrogens with one attached hydrogen (secondary N) is 1. The molecule has 1 aliphatic heterocycles. The van der Waals surface area contributed by atoms with E-state index in [2.05, 4.69) is 15.4 Å². The minimum atomic E-state index is -0.462. The monoisotopic (exact) mass is 362 g/mol. The smallest absolute Gasteiger partial charge is 0.338 e. The normalized spacial score (nSPS) is 15.7. The van der Waals surface area contributed by atoms with E-state index < -0.39 is 12.0 Å². The largest absolute Gasteiger partial charge is 0.466 e. The highest BCUT2D eigenvalue weighted by Crippen LogP contribution is 2.36. The highest BCUT2D eigenvalue weighted by atomic mass is 16.5. The van der Waals surface area contributed by atoms with Gasteiger partial charge in [0, 0.05) is 5.70 Å². The standard InChI is InChI=1S/C20H18N4O3/c1-13-17(19(25)26-2)18(24-20(23-13)21-12-22-24)14-7-6-10-16(11-14)27-15-8-4-3-5-9-15/h3-12,18H,1-2H3,(H,21,22,23). The molecule has 7 heteroatoms. The second-order valence-corrected chi connectivity index (χ2v) is 6.07. The first-order chi connectivity index (χ1) is 13.2. The lowest BCUT2D eigenvalue weighted by Crippen LogP contribution is -2.29. The zero-order valence-electron chi connectivity index (χ0n) is 14.9. The molecule has 0 spiro atoms. The van der Waals surface area contributed by atoms with Crippen LogP contribution in [0.1, 0.15) is 18.5 Å². The fourth-order valence-corrected chi connectivity index (χ4v) is 3.15. The van der Waals surface area contributed by atoms with E-state index >= 15 is 0 Å². The molecule has 0 fully saturated rings. The number of rotatable bonds is 4. The van der Waals surface area contributed by atoms with Crippen molar-refractivity contribution in [3.63, 3.8) is 0 Å². The van der Waals surface area contributed by atoms with Crippen molar-refractivity contribution in [2.45, 2.75) is 13.0 Å². The van der Waals surface area contributed by atoms with Crippen molar-refractivity contribution in [3.05, 3.63) is 77.8 Å². The molecule has 0 bridgehead atoms. The quantitative estimate of drug-likeness (QED) is 0.716. The molecule has 0 aliphatic carbocycles. The van der Waals surface area contributed by atoms with Gasteiger partial charge in [0.15, 0.2) is 0 Å². The maximum absolute atomic E-state index is 12.5. The molecule has 136 valence electrons. The number of aromatic nitrogens is 3. The first kappa shape index (κ1) is 16.8. The molecule has 0 radical (unpaired) electrons. The molecule has 1 unspecified atom stereocenters. The fraction of sp³-hybridized carbons (Fsp3) is 0.150. The molecule has 1 atom stereocenters. The van der Waals surface area contributed by atoms with Crippen molar-refractivity contribution in [1.82, 2.24) is 14.8 Å². The molecular weight excluding hydrogens is 344 g/mol. The third-order valence-electron chi connectivity index (χ3n) is 4.35. The van der Waals surface area contributed by atoms with E-state index in [1.807, 2.05) is 61.5 Å². The van der Waals surface area contributed by atoms with Crippen LogP contribution in [-0.2, 0) is 9.53 Å². The predicted octanol–water partition coefficient (Wildman–Crippen LogP) is 3.53. The fourth-order valence-electron chi connectivity index (χ4n) is 3.15. The van der Waals surface area contributed by atoms with Gasteiger partial charge < -0.3 is 14.8 Å². The van der Waals surface area contributed by atoms with Gasteiger partial charge in [-0.05, 0) is 36.8 Å². The summed E-state index contributed by atoms with van der Waals surface area (Å²) in [6.45, 7) is 1.82. The Labute approximate surface area is 156 Å². The summed E-state index contributed by atoms with van der Waals surface area (Å²) in [5.41, 5.74) is 2.01. The number of benzene rings is 2. The lowest BCUT2D eigenvalue weighted by molar-refractivity contribution is -0.136. The Morgan fingerprint density at radius 3 is 2.67 bits per heavy atom. The molecule has 0 amide bonds. The zero-order chi connectivity index (χ0) is 18.8. The molecule has 1 N–H and O–H groups in total. The van der Waals surface area contributed by atoms with Crippen molar-refractivity contribution in [2.24, 2.45) is 0 Å². The Morgan fingerprint density at radius 1 is 1.11 bits per heavy atom. The summed E-state index contributed by atoms with van der Waals surface area (Å²) in [5, 5.41) is 7.39. The number of methoxy groups -OCH3 is 1. The van der Waals surface area contributed by atoms with E-state index in [4.69, 9.17) is 9.47 Å². The number of para-hydroxylation sites is 1. The van der Waals surface area contributed by atoms with Crippen LogP contribution in [0.15, 0.2) is 72.2 Å². The highest BCUT2D eigenvalue weighted by Gasteiger charge is 2.34. The molecule has 2 heterocycles. The predicted molar refractivity (Wildman–Crippen MR) is 99.5 cm³/mol. The Balaban J connectivity index is 1.77. The number of carbonyl (C=O) groups excluding carboxylic acids is 1. The van der Waals surface area contributed by atoms with E-state index in [0.29, 0.717) is 23.0 Å². The molecule has 3 aromatic rings. The average molecular weight is 362 g/mol. The van der Waals surface area contributed by atoms with Crippen LogP contribution in [0.3, 0.4) is 0 Å². The third-order valence-corrected chi connectivity index (χ3v) is 4.35. The minimum absolute atomic E-state index is 0.416. The summed E-state index contributed by atoms with van der Waals surface area (Å²) in [7, 11) is 1.37. The Morgan fingerprint density at radius 2 is 1.89 bits per heavy atom. The van der Waals surface area contributed by atoms with Gasteiger partial charge in [0.1, 0.15) is 23.9 Å². The van der Waals surface area contributed by atoms with Gasteiger partial charge in [-0.1, -0.05) is 30.3 Å². The number of hydrogen-bond acceptors (Lipinski definition) is 6. The second kappa shape index (κ2) is 6.95. The Bertz CT molecular complexity index is 1010. The highest BCUT2D eigenvalue weighted by molar-refractivity contribution is 5.92. The number of anilines is 1. The van der Waals surface area contributed by atoms with Crippen LogP contribution in [-0.4, -0.2) is 27.8 Å². The number of hydrogen-bond donors (Lipinski definition) is 1. The number of nitrogens with zero attached hydrogens (tertiary/aromatic N) is 3. The topological polar surface area (TPSA) is 78.3 Å². The average Bonchev–Trinajstić information content (AvgIpc) is 3.15. The second-order valence-electron chi connectivity index (χ2n) is 6.07. The van der Waals surface area contributed by atoms with Gasteiger partial charge >= 0.3 is 5.97 Å². The van der Waals surface area contributed by atoms with Gasteiger partial charge in [0.2, 0.25) is 5.95 Å². The maximum atomic E-state index is 12.5. The van der Waals surface area contributed by atoms with Crippen LogP contribution in [0.5, 0.6) is 11.5 Å². The molecule has 1 aliphatic rings. The zero-order valence-corrected chi connectivity index (χ0v) is 14.9. The number of allylic oxidation sites excluding steroid dienone is 1. The lowest BCUT2D eigenvalue weighted by Gasteiger charge is -2.28. The number of ether oxygens (including phenoxy) is 2. The van der Waals surface area contributed by atoms with Crippen molar-refractivity contribution in [3.8, 4) is 11.5 Å². The molecule has 7 nitrogen and oxygen atoms in total. The molecule has 0 saturated carbocycles. The van der Waals surface area contributed by atoms with E-state index in [1.165, 1.54) is 13.4 Å². The van der Waals surface area contributed by atoms with Gasteiger partial charge in [0.05, 0.1) is 12.7 Å². The van der Waals surface area contributed by atoms with Crippen LogP contribution in [0, 0.1) is 0 Å². The van der Waals surface area contributed by atoms with Gasteiger partial charge in [0.25, 0.3) is 0 Å². The van der Waals surface area contributed by atoms with Gasteiger partial charge in [-0.2, -0.15) is 10.1 Å². The number of fused-ring (bicyclic) bond motifs is 1. The first-order valence-corrected chi connectivity index (χ1v) is 8.46. The summed E-state index contributed by atoms with van der Waals surface area (Å²) in [6.07, 6.45) is 1.45.